The Labute approximate surface area is 169 Å². The highest BCUT2D eigenvalue weighted by Gasteiger charge is 2.23. The summed E-state index contributed by atoms with van der Waals surface area (Å²) in [5.41, 5.74) is 1.48. The number of aromatic nitrogens is 3. The Morgan fingerprint density at radius 1 is 0.966 bits per heavy atom. The summed E-state index contributed by atoms with van der Waals surface area (Å²) in [5, 5.41) is 3.21. The quantitative estimate of drug-likeness (QED) is 0.717. The number of hydrogen-bond donors (Lipinski definition) is 1. The van der Waals surface area contributed by atoms with E-state index in [1.807, 2.05) is 35.2 Å². The molecule has 0 bridgehead atoms. The summed E-state index contributed by atoms with van der Waals surface area (Å²) < 4.78 is 5.16. The molecule has 0 spiro atoms. The third-order valence-corrected chi connectivity index (χ3v) is 4.77. The van der Waals surface area contributed by atoms with Gasteiger partial charge in [-0.05, 0) is 42.5 Å². The van der Waals surface area contributed by atoms with E-state index in [9.17, 15) is 4.79 Å². The molecule has 1 fully saturated rings. The molecular weight excluding hydrogens is 368 g/mol. The van der Waals surface area contributed by atoms with Gasteiger partial charge in [0.25, 0.3) is 5.91 Å². The minimum absolute atomic E-state index is 0.0119. The van der Waals surface area contributed by atoms with Crippen molar-refractivity contribution >= 4 is 23.4 Å². The summed E-state index contributed by atoms with van der Waals surface area (Å²) in [4.78, 5) is 29.6. The van der Waals surface area contributed by atoms with Gasteiger partial charge in [-0.2, -0.15) is 0 Å². The van der Waals surface area contributed by atoms with Gasteiger partial charge in [-0.1, -0.05) is 0 Å². The van der Waals surface area contributed by atoms with Crippen LogP contribution in [-0.4, -0.2) is 59.0 Å². The van der Waals surface area contributed by atoms with Crippen molar-refractivity contribution < 1.29 is 9.53 Å². The van der Waals surface area contributed by atoms with Crippen molar-refractivity contribution in [2.75, 3.05) is 43.5 Å². The summed E-state index contributed by atoms with van der Waals surface area (Å²) in [6, 6.07) is 13.0. The standard InChI is InChI=1S/C21H22N6O2/c1-29-18-6-4-17(5-7-18)25-19-8-3-16(15-24-19)20(28)26-11-13-27(14-12-26)21-22-9-2-10-23-21/h2-10,15H,11-14H2,1H3,(H,24,25). The minimum atomic E-state index is -0.0119. The maximum absolute atomic E-state index is 12.8. The van der Waals surface area contributed by atoms with Crippen molar-refractivity contribution in [3.8, 4) is 5.75 Å². The fourth-order valence-corrected chi connectivity index (χ4v) is 3.16. The lowest BCUT2D eigenvalue weighted by Gasteiger charge is -2.34. The van der Waals surface area contributed by atoms with Crippen LogP contribution in [0.1, 0.15) is 10.4 Å². The summed E-state index contributed by atoms with van der Waals surface area (Å²) in [6.45, 7) is 2.67. The zero-order valence-corrected chi connectivity index (χ0v) is 16.2. The molecule has 0 unspecified atom stereocenters. The second kappa shape index (κ2) is 8.55. The topological polar surface area (TPSA) is 83.5 Å². The molecule has 1 saturated heterocycles. The molecule has 3 aromatic rings. The Morgan fingerprint density at radius 3 is 2.31 bits per heavy atom. The van der Waals surface area contributed by atoms with Crippen molar-refractivity contribution in [1.82, 2.24) is 19.9 Å². The van der Waals surface area contributed by atoms with Crippen LogP contribution in [0.25, 0.3) is 0 Å². The number of nitrogens with one attached hydrogen (secondary N) is 1. The van der Waals surface area contributed by atoms with E-state index in [-0.39, 0.29) is 5.91 Å². The van der Waals surface area contributed by atoms with Gasteiger partial charge in [0.1, 0.15) is 11.6 Å². The molecule has 8 heteroatoms. The number of piperazine rings is 1. The van der Waals surface area contributed by atoms with E-state index in [2.05, 4.69) is 25.2 Å². The Kier molecular flexibility index (Phi) is 5.51. The first kappa shape index (κ1) is 18.7. The van der Waals surface area contributed by atoms with Crippen LogP contribution in [0.15, 0.2) is 61.1 Å². The van der Waals surface area contributed by atoms with Crippen LogP contribution in [0.3, 0.4) is 0 Å². The van der Waals surface area contributed by atoms with E-state index >= 15 is 0 Å². The highest BCUT2D eigenvalue weighted by atomic mass is 16.5. The number of benzene rings is 1. The Bertz CT molecular complexity index is 939. The predicted octanol–water partition coefficient (Wildman–Crippen LogP) is 2.59. The van der Waals surface area contributed by atoms with Crippen LogP contribution in [-0.2, 0) is 0 Å². The van der Waals surface area contributed by atoms with Gasteiger partial charge in [0.2, 0.25) is 5.95 Å². The van der Waals surface area contributed by atoms with E-state index in [4.69, 9.17) is 4.74 Å². The van der Waals surface area contributed by atoms with Crippen molar-refractivity contribution in [3.05, 3.63) is 66.6 Å². The first-order chi connectivity index (χ1) is 14.2. The van der Waals surface area contributed by atoms with E-state index in [1.165, 1.54) is 0 Å². The third-order valence-electron chi connectivity index (χ3n) is 4.77. The molecule has 0 aliphatic carbocycles. The largest absolute Gasteiger partial charge is 0.497 e. The zero-order chi connectivity index (χ0) is 20.1. The number of pyridine rings is 1. The molecule has 0 atom stereocenters. The molecule has 2 aromatic heterocycles. The second-order valence-corrected chi connectivity index (χ2v) is 6.61. The second-order valence-electron chi connectivity index (χ2n) is 6.61. The molecule has 148 valence electrons. The smallest absolute Gasteiger partial charge is 0.255 e. The first-order valence-electron chi connectivity index (χ1n) is 9.41. The summed E-state index contributed by atoms with van der Waals surface area (Å²) in [6.07, 6.45) is 5.07. The van der Waals surface area contributed by atoms with Gasteiger partial charge >= 0.3 is 0 Å². The lowest BCUT2D eigenvalue weighted by Crippen LogP contribution is -2.49. The molecule has 1 aliphatic heterocycles. The van der Waals surface area contributed by atoms with Gasteiger partial charge < -0.3 is 19.9 Å². The number of carbonyl (C=O) groups is 1. The van der Waals surface area contributed by atoms with E-state index in [0.717, 1.165) is 11.4 Å². The van der Waals surface area contributed by atoms with E-state index < -0.39 is 0 Å². The highest BCUT2D eigenvalue weighted by Crippen LogP contribution is 2.19. The predicted molar refractivity (Wildman–Crippen MR) is 111 cm³/mol. The van der Waals surface area contributed by atoms with Gasteiger partial charge in [-0.25, -0.2) is 15.0 Å². The minimum Gasteiger partial charge on any atom is -0.497 e. The molecule has 4 rings (SSSR count). The maximum Gasteiger partial charge on any atom is 0.255 e. The number of methoxy groups -OCH3 is 1. The van der Waals surface area contributed by atoms with Gasteiger partial charge in [0.05, 0.1) is 12.7 Å². The molecule has 0 radical (unpaired) electrons. The molecule has 1 N–H and O–H groups in total. The number of amides is 1. The Balaban J connectivity index is 1.34. The number of ether oxygens (including phenoxy) is 1. The number of anilines is 3. The summed E-state index contributed by atoms with van der Waals surface area (Å²) in [5.74, 6) is 2.17. The van der Waals surface area contributed by atoms with Gasteiger partial charge in [0.15, 0.2) is 0 Å². The van der Waals surface area contributed by atoms with Gasteiger partial charge in [-0.15, -0.1) is 0 Å². The third kappa shape index (κ3) is 4.43. The number of rotatable bonds is 5. The Hall–Kier alpha value is -3.68. The zero-order valence-electron chi connectivity index (χ0n) is 16.2. The fraction of sp³-hybridized carbons (Fsp3) is 0.238. The molecule has 29 heavy (non-hydrogen) atoms. The average Bonchev–Trinajstić information content (AvgIpc) is 2.80. The molecule has 3 heterocycles. The van der Waals surface area contributed by atoms with Gasteiger partial charge in [0, 0.05) is 50.5 Å². The molecular formula is C21H22N6O2. The van der Waals surface area contributed by atoms with Crippen molar-refractivity contribution in [3.63, 3.8) is 0 Å². The van der Waals surface area contributed by atoms with Crippen LogP contribution in [0, 0.1) is 0 Å². The SMILES string of the molecule is COc1ccc(Nc2ccc(C(=O)N3CCN(c4ncccn4)CC3)cn2)cc1. The van der Waals surface area contributed by atoms with E-state index in [0.29, 0.717) is 43.5 Å². The van der Waals surface area contributed by atoms with E-state index in [1.54, 1.807) is 37.8 Å². The van der Waals surface area contributed by atoms with Crippen LogP contribution < -0.4 is 15.0 Å². The van der Waals surface area contributed by atoms with Crippen LogP contribution in [0.2, 0.25) is 0 Å². The molecule has 1 aromatic carbocycles. The van der Waals surface area contributed by atoms with Crippen molar-refractivity contribution in [1.29, 1.82) is 0 Å². The first-order valence-corrected chi connectivity index (χ1v) is 9.41. The van der Waals surface area contributed by atoms with Crippen LogP contribution in [0.4, 0.5) is 17.5 Å². The normalized spacial score (nSPS) is 13.8. The monoisotopic (exact) mass is 390 g/mol. The molecule has 1 amide bonds. The highest BCUT2D eigenvalue weighted by molar-refractivity contribution is 5.94. The Morgan fingerprint density at radius 2 is 1.69 bits per heavy atom. The maximum atomic E-state index is 12.8. The number of carbonyl (C=O) groups excluding carboxylic acids is 1. The lowest BCUT2D eigenvalue weighted by molar-refractivity contribution is 0.0746. The number of hydrogen-bond acceptors (Lipinski definition) is 7. The molecule has 8 nitrogen and oxygen atoms in total. The van der Waals surface area contributed by atoms with Crippen LogP contribution in [0.5, 0.6) is 5.75 Å². The van der Waals surface area contributed by atoms with Gasteiger partial charge in [-0.3, -0.25) is 4.79 Å². The van der Waals surface area contributed by atoms with Crippen LogP contribution >= 0.6 is 0 Å². The molecule has 0 saturated carbocycles. The summed E-state index contributed by atoms with van der Waals surface area (Å²) >= 11 is 0. The average molecular weight is 390 g/mol. The van der Waals surface area contributed by atoms with Crippen molar-refractivity contribution in [2.45, 2.75) is 0 Å². The summed E-state index contributed by atoms with van der Waals surface area (Å²) in [7, 11) is 1.63. The van der Waals surface area contributed by atoms with Crippen molar-refractivity contribution in [2.24, 2.45) is 0 Å². The lowest BCUT2D eigenvalue weighted by atomic mass is 10.2. The molecule has 1 aliphatic rings. The number of nitrogens with zero attached hydrogens (tertiary/aromatic N) is 5. The fourth-order valence-electron chi connectivity index (χ4n) is 3.16.